The van der Waals surface area contributed by atoms with Crippen molar-refractivity contribution in [2.24, 2.45) is 12.8 Å². The Hall–Kier alpha value is -2.75. The van der Waals surface area contributed by atoms with E-state index >= 15 is 0 Å². The fraction of sp³-hybridized carbons (Fsp3) is 0.542. The second-order valence-corrected chi connectivity index (χ2v) is 9.16. The van der Waals surface area contributed by atoms with Crippen molar-refractivity contribution < 1.29 is 4.74 Å². The van der Waals surface area contributed by atoms with Gasteiger partial charge in [0.05, 0.1) is 19.8 Å². The molecule has 0 saturated carbocycles. The lowest BCUT2D eigenvalue weighted by Crippen LogP contribution is -2.39. The zero-order valence-electron chi connectivity index (χ0n) is 19.9. The van der Waals surface area contributed by atoms with Gasteiger partial charge in [-0.05, 0) is 31.4 Å². The molecule has 0 bridgehead atoms. The average Bonchev–Trinajstić information content (AvgIpc) is 3.15. The highest BCUT2D eigenvalue weighted by atomic mass is 16.5. The van der Waals surface area contributed by atoms with E-state index in [1.54, 1.807) is 0 Å². The molecule has 2 saturated heterocycles. The molecule has 3 aromatic rings. The summed E-state index contributed by atoms with van der Waals surface area (Å²) in [4.78, 5) is 21.9. The molecule has 2 aliphatic rings. The molecule has 2 aliphatic heterocycles. The van der Waals surface area contributed by atoms with Crippen LogP contribution in [0.2, 0.25) is 0 Å². The Balaban J connectivity index is 1.56. The first-order valence-corrected chi connectivity index (χ1v) is 11.8. The van der Waals surface area contributed by atoms with Gasteiger partial charge in [0.15, 0.2) is 17.0 Å². The van der Waals surface area contributed by atoms with Crippen LogP contribution >= 0.6 is 0 Å². The number of para-hydroxylation sites is 1. The highest BCUT2D eigenvalue weighted by molar-refractivity contribution is 5.86. The number of fused-ring (bicyclic) bond motifs is 1. The van der Waals surface area contributed by atoms with Crippen LogP contribution in [0.25, 0.3) is 11.2 Å². The number of anilines is 3. The van der Waals surface area contributed by atoms with E-state index < -0.39 is 0 Å². The predicted molar refractivity (Wildman–Crippen MR) is 131 cm³/mol. The summed E-state index contributed by atoms with van der Waals surface area (Å²) in [5, 5.41) is 0. The SMILES string of the molecule is Cc1ccccc1N(C)c1nc(N2CCOCC2)c2nc(CN3CCC(N)CC3)n(C)c2n1. The van der Waals surface area contributed by atoms with Crippen molar-refractivity contribution in [2.45, 2.75) is 32.4 Å². The van der Waals surface area contributed by atoms with Crippen LogP contribution < -0.4 is 15.5 Å². The molecule has 33 heavy (non-hydrogen) atoms. The number of nitrogens with zero attached hydrogens (tertiary/aromatic N) is 7. The highest BCUT2D eigenvalue weighted by Crippen LogP contribution is 2.31. The van der Waals surface area contributed by atoms with E-state index in [-0.39, 0.29) is 0 Å². The van der Waals surface area contributed by atoms with Crippen LogP contribution in [-0.4, -0.2) is 76.9 Å². The van der Waals surface area contributed by atoms with E-state index in [1.807, 2.05) is 13.1 Å². The van der Waals surface area contributed by atoms with Gasteiger partial charge >= 0.3 is 0 Å². The minimum absolute atomic E-state index is 0.319. The number of aromatic nitrogens is 4. The normalized spacial score (nSPS) is 18.2. The lowest BCUT2D eigenvalue weighted by atomic mass is 10.1. The molecule has 9 nitrogen and oxygen atoms in total. The van der Waals surface area contributed by atoms with Crippen molar-refractivity contribution in [3.8, 4) is 0 Å². The number of aryl methyl sites for hydroxylation is 2. The van der Waals surface area contributed by atoms with E-state index in [0.717, 1.165) is 74.1 Å². The molecule has 2 fully saturated rings. The number of rotatable bonds is 5. The van der Waals surface area contributed by atoms with Gasteiger partial charge in [-0.1, -0.05) is 18.2 Å². The summed E-state index contributed by atoms with van der Waals surface area (Å²) in [5.41, 5.74) is 10.1. The molecule has 1 aromatic carbocycles. The Morgan fingerprint density at radius 3 is 2.52 bits per heavy atom. The molecule has 0 amide bonds. The average molecular weight is 451 g/mol. The molecule has 0 aliphatic carbocycles. The number of nitrogens with two attached hydrogens (primary N) is 1. The van der Waals surface area contributed by atoms with Gasteiger partial charge < -0.3 is 24.8 Å². The fourth-order valence-corrected chi connectivity index (χ4v) is 4.73. The van der Waals surface area contributed by atoms with Crippen LogP contribution in [0.1, 0.15) is 24.2 Å². The highest BCUT2D eigenvalue weighted by Gasteiger charge is 2.25. The number of hydrogen-bond acceptors (Lipinski definition) is 8. The first-order chi connectivity index (χ1) is 16.0. The standard InChI is InChI=1S/C24H34N8O/c1-17-6-4-5-7-19(17)29(2)24-27-22-21(23(28-24)32-12-14-33-15-13-32)26-20(30(22)3)16-31-10-8-18(25)9-11-31/h4-7,18H,8-16,25H2,1-3H3. The summed E-state index contributed by atoms with van der Waals surface area (Å²) in [5.74, 6) is 2.58. The lowest BCUT2D eigenvalue weighted by Gasteiger charge is -2.29. The van der Waals surface area contributed by atoms with Crippen LogP contribution in [0.4, 0.5) is 17.5 Å². The largest absolute Gasteiger partial charge is 0.378 e. The summed E-state index contributed by atoms with van der Waals surface area (Å²) in [6.45, 7) is 7.92. The van der Waals surface area contributed by atoms with Gasteiger partial charge in [-0.3, -0.25) is 4.90 Å². The number of ether oxygens (including phenoxy) is 1. The van der Waals surface area contributed by atoms with Gasteiger partial charge in [-0.15, -0.1) is 0 Å². The van der Waals surface area contributed by atoms with Gasteiger partial charge in [0.1, 0.15) is 5.82 Å². The van der Waals surface area contributed by atoms with E-state index in [0.29, 0.717) is 25.2 Å². The minimum atomic E-state index is 0.319. The molecule has 0 atom stereocenters. The maximum absolute atomic E-state index is 6.10. The van der Waals surface area contributed by atoms with Crippen molar-refractivity contribution >= 4 is 28.6 Å². The third-order valence-electron chi connectivity index (χ3n) is 6.87. The van der Waals surface area contributed by atoms with Crippen molar-refractivity contribution in [1.29, 1.82) is 0 Å². The van der Waals surface area contributed by atoms with Crippen molar-refractivity contribution in [3.63, 3.8) is 0 Å². The first-order valence-electron chi connectivity index (χ1n) is 11.8. The number of hydrogen-bond donors (Lipinski definition) is 1. The molecule has 0 radical (unpaired) electrons. The fourth-order valence-electron chi connectivity index (χ4n) is 4.73. The summed E-state index contributed by atoms with van der Waals surface area (Å²) in [6.07, 6.45) is 2.07. The Kier molecular flexibility index (Phi) is 6.18. The summed E-state index contributed by atoms with van der Waals surface area (Å²) in [7, 11) is 4.09. The van der Waals surface area contributed by atoms with E-state index in [1.165, 1.54) is 5.56 Å². The molecule has 9 heteroatoms. The zero-order valence-corrected chi connectivity index (χ0v) is 19.9. The minimum Gasteiger partial charge on any atom is -0.378 e. The van der Waals surface area contributed by atoms with Gasteiger partial charge in [0.2, 0.25) is 5.95 Å². The smallest absolute Gasteiger partial charge is 0.233 e. The molecular formula is C24H34N8O. The number of benzene rings is 1. The maximum Gasteiger partial charge on any atom is 0.233 e. The molecule has 2 aromatic heterocycles. The van der Waals surface area contributed by atoms with E-state index in [4.69, 9.17) is 25.4 Å². The third kappa shape index (κ3) is 4.40. The van der Waals surface area contributed by atoms with Gasteiger partial charge in [0.25, 0.3) is 0 Å². The monoisotopic (exact) mass is 450 g/mol. The summed E-state index contributed by atoms with van der Waals surface area (Å²) < 4.78 is 7.73. The number of likely N-dealkylation sites (tertiary alicyclic amines) is 1. The molecule has 176 valence electrons. The van der Waals surface area contributed by atoms with Crippen LogP contribution in [0.5, 0.6) is 0 Å². The molecule has 4 heterocycles. The second kappa shape index (κ2) is 9.24. The van der Waals surface area contributed by atoms with Crippen LogP contribution in [0.3, 0.4) is 0 Å². The topological polar surface area (TPSA) is 88.6 Å². The number of morpholine rings is 1. The van der Waals surface area contributed by atoms with Gasteiger partial charge in [-0.25, -0.2) is 4.98 Å². The Morgan fingerprint density at radius 2 is 1.79 bits per heavy atom. The van der Waals surface area contributed by atoms with Gasteiger partial charge in [0, 0.05) is 52.0 Å². The van der Waals surface area contributed by atoms with Crippen LogP contribution in [0, 0.1) is 6.92 Å². The molecular weight excluding hydrogens is 416 g/mol. The Bertz CT molecular complexity index is 1120. The van der Waals surface area contributed by atoms with Crippen LogP contribution in [-0.2, 0) is 18.3 Å². The molecule has 2 N–H and O–H groups in total. The van der Waals surface area contributed by atoms with Crippen molar-refractivity contribution in [2.75, 3.05) is 56.2 Å². The molecule has 0 unspecified atom stereocenters. The van der Waals surface area contributed by atoms with E-state index in [9.17, 15) is 0 Å². The molecule has 5 rings (SSSR count). The van der Waals surface area contributed by atoms with Gasteiger partial charge in [-0.2, -0.15) is 9.97 Å². The van der Waals surface area contributed by atoms with Crippen LogP contribution in [0.15, 0.2) is 24.3 Å². The number of imidazole rings is 1. The quantitative estimate of drug-likeness (QED) is 0.633. The van der Waals surface area contributed by atoms with E-state index in [2.05, 4.69) is 51.4 Å². The second-order valence-electron chi connectivity index (χ2n) is 9.16. The predicted octanol–water partition coefficient (Wildman–Crippen LogP) is 2.20. The molecule has 0 spiro atoms. The van der Waals surface area contributed by atoms with Crippen molar-refractivity contribution in [3.05, 3.63) is 35.7 Å². The Labute approximate surface area is 195 Å². The third-order valence-corrected chi connectivity index (χ3v) is 6.87. The Morgan fingerprint density at radius 1 is 1.06 bits per heavy atom. The number of piperidine rings is 1. The maximum atomic E-state index is 6.10. The van der Waals surface area contributed by atoms with Crippen molar-refractivity contribution in [1.82, 2.24) is 24.4 Å². The summed E-state index contributed by atoms with van der Waals surface area (Å²) in [6, 6.07) is 8.64. The lowest BCUT2D eigenvalue weighted by molar-refractivity contribution is 0.122. The first kappa shape index (κ1) is 22.1. The summed E-state index contributed by atoms with van der Waals surface area (Å²) >= 11 is 0. The zero-order chi connectivity index (χ0) is 22.9.